The molecular formula is C18H23ClN2O3Si. The molecule has 0 aliphatic heterocycles. The van der Waals surface area contributed by atoms with Crippen molar-refractivity contribution in [3.8, 4) is 17.0 Å². The zero-order valence-corrected chi connectivity index (χ0v) is 17.1. The summed E-state index contributed by atoms with van der Waals surface area (Å²) in [6.45, 7) is 10.9. The van der Waals surface area contributed by atoms with Crippen LogP contribution in [-0.2, 0) is 4.74 Å². The summed E-state index contributed by atoms with van der Waals surface area (Å²) in [5.74, 6) is 0.195. The van der Waals surface area contributed by atoms with Crippen molar-refractivity contribution in [3.63, 3.8) is 0 Å². The van der Waals surface area contributed by atoms with Gasteiger partial charge in [0, 0.05) is 5.56 Å². The molecule has 0 unspecified atom stereocenters. The molecule has 0 atom stereocenters. The molecule has 1 aromatic carbocycles. The van der Waals surface area contributed by atoms with Gasteiger partial charge in [-0.05, 0) is 36.3 Å². The summed E-state index contributed by atoms with van der Waals surface area (Å²) < 4.78 is 10.9. The predicted molar refractivity (Wildman–Crippen MR) is 102 cm³/mol. The van der Waals surface area contributed by atoms with Gasteiger partial charge >= 0.3 is 5.97 Å². The third kappa shape index (κ3) is 4.38. The molecule has 1 aromatic heterocycles. The van der Waals surface area contributed by atoms with Gasteiger partial charge in [-0.15, -0.1) is 0 Å². The van der Waals surface area contributed by atoms with Crippen LogP contribution in [0, 0.1) is 0 Å². The van der Waals surface area contributed by atoms with E-state index < -0.39 is 14.3 Å². The third-order valence-electron chi connectivity index (χ3n) is 4.42. The maximum absolute atomic E-state index is 11.6. The number of rotatable bonds is 4. The van der Waals surface area contributed by atoms with Gasteiger partial charge < -0.3 is 9.16 Å². The Morgan fingerprint density at radius 3 is 2.44 bits per heavy atom. The second-order valence-corrected chi connectivity index (χ2v) is 12.4. The Hall–Kier alpha value is -1.92. The van der Waals surface area contributed by atoms with Gasteiger partial charge in [0.2, 0.25) is 8.32 Å². The highest BCUT2D eigenvalue weighted by molar-refractivity contribution is 6.74. The van der Waals surface area contributed by atoms with E-state index in [1.54, 1.807) is 12.3 Å². The lowest BCUT2D eigenvalue weighted by Crippen LogP contribution is -2.43. The Labute approximate surface area is 154 Å². The highest BCUT2D eigenvalue weighted by Crippen LogP contribution is 2.38. The highest BCUT2D eigenvalue weighted by Gasteiger charge is 2.39. The first-order valence-electron chi connectivity index (χ1n) is 7.94. The van der Waals surface area contributed by atoms with Crippen molar-refractivity contribution in [3.05, 3.63) is 41.3 Å². The molecule has 2 aromatic rings. The molecule has 0 fully saturated rings. The normalized spacial score (nSPS) is 12.0. The lowest BCUT2D eigenvalue weighted by atomic mass is 10.1. The van der Waals surface area contributed by atoms with Crippen molar-refractivity contribution < 1.29 is 14.0 Å². The van der Waals surface area contributed by atoms with Crippen LogP contribution < -0.4 is 4.43 Å². The van der Waals surface area contributed by atoms with Gasteiger partial charge in [0.05, 0.1) is 30.2 Å². The van der Waals surface area contributed by atoms with Crippen molar-refractivity contribution in [2.75, 3.05) is 7.11 Å². The first-order chi connectivity index (χ1) is 11.5. The minimum Gasteiger partial charge on any atom is -0.543 e. The SMILES string of the molecule is COC(=O)c1cncc(-c2ccc(O[Si](C)(C)C(C)(C)C)cc2Cl)n1. The monoisotopic (exact) mass is 378 g/mol. The van der Waals surface area contributed by atoms with Crippen LogP contribution in [0.2, 0.25) is 23.2 Å². The quantitative estimate of drug-likeness (QED) is 0.555. The van der Waals surface area contributed by atoms with Crippen LogP contribution in [0.1, 0.15) is 31.3 Å². The van der Waals surface area contributed by atoms with E-state index in [2.05, 4.69) is 48.6 Å². The zero-order chi connectivity index (χ0) is 18.8. The van der Waals surface area contributed by atoms with Crippen LogP contribution in [0.3, 0.4) is 0 Å². The van der Waals surface area contributed by atoms with Gasteiger partial charge in [-0.1, -0.05) is 32.4 Å². The minimum absolute atomic E-state index is 0.0957. The van der Waals surface area contributed by atoms with Crippen LogP contribution in [-0.4, -0.2) is 31.4 Å². The number of esters is 1. The highest BCUT2D eigenvalue weighted by atomic mass is 35.5. The molecule has 0 bridgehead atoms. The molecule has 0 aliphatic rings. The molecule has 0 saturated heterocycles. The van der Waals surface area contributed by atoms with E-state index >= 15 is 0 Å². The molecule has 7 heteroatoms. The van der Waals surface area contributed by atoms with Gasteiger partial charge in [0.15, 0.2) is 5.69 Å². The van der Waals surface area contributed by atoms with E-state index in [0.29, 0.717) is 16.3 Å². The van der Waals surface area contributed by atoms with E-state index in [-0.39, 0.29) is 10.7 Å². The van der Waals surface area contributed by atoms with Gasteiger partial charge in [0.25, 0.3) is 0 Å². The van der Waals surface area contributed by atoms with E-state index in [0.717, 1.165) is 5.75 Å². The van der Waals surface area contributed by atoms with Gasteiger partial charge in [-0.3, -0.25) is 4.98 Å². The first-order valence-corrected chi connectivity index (χ1v) is 11.2. The molecule has 0 spiro atoms. The number of hydrogen-bond donors (Lipinski definition) is 0. The molecule has 0 aliphatic carbocycles. The first kappa shape index (κ1) is 19.4. The number of halogens is 1. The lowest BCUT2D eigenvalue weighted by molar-refractivity contribution is 0.0593. The fourth-order valence-corrected chi connectivity index (χ4v) is 3.20. The zero-order valence-electron chi connectivity index (χ0n) is 15.4. The van der Waals surface area contributed by atoms with Crippen molar-refractivity contribution in [1.82, 2.24) is 9.97 Å². The third-order valence-corrected chi connectivity index (χ3v) is 9.10. The molecule has 0 N–H and O–H groups in total. The Kier molecular flexibility index (Phi) is 5.54. The second kappa shape index (κ2) is 7.13. The smallest absolute Gasteiger partial charge is 0.358 e. The Balaban J connectivity index is 2.33. The summed E-state index contributed by atoms with van der Waals surface area (Å²) in [6, 6.07) is 5.48. The Morgan fingerprint density at radius 1 is 1.20 bits per heavy atom. The molecule has 2 rings (SSSR count). The largest absolute Gasteiger partial charge is 0.543 e. The second-order valence-electron chi connectivity index (χ2n) is 7.29. The Morgan fingerprint density at radius 2 is 1.88 bits per heavy atom. The minimum atomic E-state index is -1.94. The number of nitrogens with zero attached hydrogens (tertiary/aromatic N) is 2. The van der Waals surface area contributed by atoms with Crippen molar-refractivity contribution in [1.29, 1.82) is 0 Å². The summed E-state index contributed by atoms with van der Waals surface area (Å²) in [4.78, 5) is 19.9. The van der Waals surface area contributed by atoms with Crippen molar-refractivity contribution in [2.24, 2.45) is 0 Å². The molecule has 5 nitrogen and oxygen atoms in total. The van der Waals surface area contributed by atoms with Crippen LogP contribution in [0.4, 0.5) is 0 Å². The molecule has 0 radical (unpaired) electrons. The van der Waals surface area contributed by atoms with E-state index in [9.17, 15) is 4.79 Å². The van der Waals surface area contributed by atoms with Crippen LogP contribution in [0.25, 0.3) is 11.3 Å². The molecule has 0 amide bonds. The molecular weight excluding hydrogens is 356 g/mol. The number of methoxy groups -OCH3 is 1. The predicted octanol–water partition coefficient (Wildman–Crippen LogP) is 4.97. The number of ether oxygens (including phenoxy) is 1. The number of benzene rings is 1. The van der Waals surface area contributed by atoms with E-state index in [1.807, 2.05) is 12.1 Å². The number of carbonyl (C=O) groups excluding carboxylic acids is 1. The lowest BCUT2D eigenvalue weighted by Gasteiger charge is -2.36. The van der Waals surface area contributed by atoms with Gasteiger partial charge in [-0.2, -0.15) is 0 Å². The van der Waals surface area contributed by atoms with Crippen molar-refractivity contribution in [2.45, 2.75) is 38.9 Å². The summed E-state index contributed by atoms with van der Waals surface area (Å²) in [5, 5.41) is 0.589. The number of hydrogen-bond acceptors (Lipinski definition) is 5. The van der Waals surface area contributed by atoms with Gasteiger partial charge in [0.1, 0.15) is 5.75 Å². The molecule has 1 heterocycles. The van der Waals surface area contributed by atoms with Crippen LogP contribution >= 0.6 is 11.6 Å². The molecule has 25 heavy (non-hydrogen) atoms. The Bertz CT molecular complexity index is 788. The van der Waals surface area contributed by atoms with Crippen LogP contribution in [0.15, 0.2) is 30.6 Å². The summed E-state index contributed by atoms with van der Waals surface area (Å²) in [6.07, 6.45) is 2.92. The number of carbonyl (C=O) groups is 1. The standard InChI is InChI=1S/C18H23ClN2O3Si/c1-18(2,3)25(5,6)24-12-7-8-13(14(19)9-12)15-10-20-11-16(21-15)17(22)23-4/h7-11H,1-6H3. The summed E-state index contributed by atoms with van der Waals surface area (Å²) in [5.41, 5.74) is 1.33. The fraction of sp³-hybridized carbons (Fsp3) is 0.389. The van der Waals surface area contributed by atoms with Gasteiger partial charge in [-0.25, -0.2) is 9.78 Å². The molecule has 0 saturated carbocycles. The average Bonchev–Trinajstić information content (AvgIpc) is 2.53. The topological polar surface area (TPSA) is 61.3 Å². The summed E-state index contributed by atoms with van der Waals surface area (Å²) in [7, 11) is -0.640. The number of aromatic nitrogens is 2. The maximum atomic E-state index is 11.6. The van der Waals surface area contributed by atoms with Crippen molar-refractivity contribution >= 4 is 25.9 Å². The van der Waals surface area contributed by atoms with Crippen LogP contribution in [0.5, 0.6) is 5.75 Å². The average molecular weight is 379 g/mol. The summed E-state index contributed by atoms with van der Waals surface area (Å²) >= 11 is 6.42. The fourth-order valence-electron chi connectivity index (χ4n) is 1.91. The van der Waals surface area contributed by atoms with E-state index in [4.69, 9.17) is 16.0 Å². The van der Waals surface area contributed by atoms with E-state index in [1.165, 1.54) is 13.3 Å². The maximum Gasteiger partial charge on any atom is 0.358 e. The molecule has 134 valence electrons.